The lowest BCUT2D eigenvalue weighted by molar-refractivity contribution is 1.12. The van der Waals surface area contributed by atoms with E-state index in [-0.39, 0.29) is 0 Å². The SMILES string of the molecule is c1ccc(-c2ncc3nc(-c4cc(-n5c6c7ccccc7ccc6c6ccc7c(c8ccc9ccccc9c8n7-c7ccccc7)c65)cc(-n5c6c7ccccc7ccc6c6ccc7c8ccc9ccccc9c8n(-c8ccccc8)c7c65)c4)nc(-c4ccccc4)c3n2)cc1. The fraction of sp³-hybridized carbons (Fsp3) is 0. The van der Waals surface area contributed by atoms with Crippen molar-refractivity contribution in [1.29, 1.82) is 0 Å². The van der Waals surface area contributed by atoms with Crippen molar-refractivity contribution in [2.75, 3.05) is 0 Å². The number of aromatic nitrogens is 8. The topological polar surface area (TPSA) is 71.3 Å². The highest BCUT2D eigenvalue weighted by Crippen LogP contribution is 2.49. The molecule has 444 valence electrons. The van der Waals surface area contributed by atoms with Crippen molar-refractivity contribution < 1.29 is 0 Å². The average molecular weight is 1220 g/mol. The van der Waals surface area contributed by atoms with Gasteiger partial charge in [-0.2, -0.15) is 0 Å². The molecule has 0 bridgehead atoms. The van der Waals surface area contributed by atoms with Crippen LogP contribution in [0.2, 0.25) is 0 Å². The maximum Gasteiger partial charge on any atom is 0.160 e. The molecular formula is C88H52N8. The van der Waals surface area contributed by atoms with Crippen molar-refractivity contribution in [1.82, 2.24) is 38.2 Å². The summed E-state index contributed by atoms with van der Waals surface area (Å²) < 4.78 is 10.2. The van der Waals surface area contributed by atoms with E-state index in [1.807, 2.05) is 42.6 Å². The van der Waals surface area contributed by atoms with Gasteiger partial charge in [0.05, 0.1) is 50.3 Å². The summed E-state index contributed by atoms with van der Waals surface area (Å²) in [5.41, 5.74) is 17.7. The maximum absolute atomic E-state index is 5.76. The van der Waals surface area contributed by atoms with E-state index in [9.17, 15) is 0 Å². The van der Waals surface area contributed by atoms with Crippen LogP contribution >= 0.6 is 0 Å². The van der Waals surface area contributed by atoms with Crippen LogP contribution < -0.4 is 0 Å². The number of nitrogens with zero attached hydrogens (tertiary/aromatic N) is 8. The fourth-order valence-electron chi connectivity index (χ4n) is 16.0. The Morgan fingerprint density at radius 2 is 0.615 bits per heavy atom. The Bertz CT molecular complexity index is 6860. The van der Waals surface area contributed by atoms with Gasteiger partial charge in [0.15, 0.2) is 11.6 Å². The Labute approximate surface area is 548 Å². The van der Waals surface area contributed by atoms with Crippen molar-refractivity contribution in [3.63, 3.8) is 0 Å². The lowest BCUT2D eigenvalue weighted by Crippen LogP contribution is -2.04. The molecule has 21 rings (SSSR count). The molecule has 8 nitrogen and oxygen atoms in total. The van der Waals surface area contributed by atoms with E-state index in [1.165, 1.54) is 32.3 Å². The average Bonchev–Trinajstić information content (AvgIpc) is 1.53. The molecule has 21 aromatic rings. The molecular weight excluding hydrogens is 1170 g/mol. The summed E-state index contributed by atoms with van der Waals surface area (Å²) >= 11 is 0. The Balaban J connectivity index is 0.976. The lowest BCUT2D eigenvalue weighted by atomic mass is 10.0. The highest BCUT2D eigenvalue weighted by Gasteiger charge is 2.28. The van der Waals surface area contributed by atoms with Gasteiger partial charge in [-0.1, -0.05) is 261 Å². The van der Waals surface area contributed by atoms with Gasteiger partial charge in [-0.15, -0.1) is 0 Å². The van der Waals surface area contributed by atoms with Crippen molar-refractivity contribution >= 4 is 141 Å². The summed E-state index contributed by atoms with van der Waals surface area (Å²) in [7, 11) is 0. The molecule has 0 aliphatic heterocycles. The Hall–Kier alpha value is -13.0. The van der Waals surface area contributed by atoms with Gasteiger partial charge >= 0.3 is 0 Å². The zero-order valence-electron chi connectivity index (χ0n) is 51.6. The van der Waals surface area contributed by atoms with Gasteiger partial charge in [-0.05, 0) is 70.1 Å². The molecule has 0 amide bonds. The second kappa shape index (κ2) is 20.2. The van der Waals surface area contributed by atoms with Crippen LogP contribution in [0, 0.1) is 0 Å². The van der Waals surface area contributed by atoms with Crippen LogP contribution in [0.4, 0.5) is 0 Å². The van der Waals surface area contributed by atoms with Gasteiger partial charge in [0, 0.05) is 104 Å². The van der Waals surface area contributed by atoms with Crippen LogP contribution in [-0.4, -0.2) is 38.2 Å². The van der Waals surface area contributed by atoms with E-state index in [1.54, 1.807) is 0 Å². The number of benzene rings is 15. The van der Waals surface area contributed by atoms with Gasteiger partial charge in [0.1, 0.15) is 16.7 Å². The quantitative estimate of drug-likeness (QED) is 0.159. The molecule has 15 aromatic carbocycles. The van der Waals surface area contributed by atoms with E-state index in [0.717, 1.165) is 143 Å². The van der Waals surface area contributed by atoms with Crippen molar-refractivity contribution in [2.45, 2.75) is 0 Å². The highest BCUT2D eigenvalue weighted by atomic mass is 15.1. The van der Waals surface area contributed by atoms with Crippen molar-refractivity contribution in [2.24, 2.45) is 0 Å². The Kier molecular flexibility index (Phi) is 11.1. The van der Waals surface area contributed by atoms with Crippen LogP contribution in [0.3, 0.4) is 0 Å². The van der Waals surface area contributed by atoms with Crippen LogP contribution in [-0.2, 0) is 0 Å². The monoisotopic (exact) mass is 1220 g/mol. The van der Waals surface area contributed by atoms with Crippen molar-refractivity contribution in [3.8, 4) is 56.8 Å². The van der Waals surface area contributed by atoms with Gasteiger partial charge in [0.25, 0.3) is 0 Å². The second-order valence-electron chi connectivity index (χ2n) is 25.3. The number of para-hydroxylation sites is 2. The first-order chi connectivity index (χ1) is 47.6. The number of hydrogen-bond donors (Lipinski definition) is 0. The van der Waals surface area contributed by atoms with E-state index in [2.05, 4.69) is 291 Å². The molecule has 6 heterocycles. The molecule has 0 aliphatic carbocycles. The van der Waals surface area contributed by atoms with Gasteiger partial charge in [-0.3, -0.25) is 0 Å². The Morgan fingerprint density at radius 3 is 1.14 bits per heavy atom. The van der Waals surface area contributed by atoms with E-state index in [4.69, 9.17) is 19.9 Å². The first kappa shape index (κ1) is 52.6. The molecule has 0 N–H and O–H groups in total. The minimum absolute atomic E-state index is 0.545. The summed E-state index contributed by atoms with van der Waals surface area (Å²) in [5, 5.41) is 18.6. The molecule has 0 spiro atoms. The predicted octanol–water partition coefficient (Wildman–Crippen LogP) is 22.4. The summed E-state index contributed by atoms with van der Waals surface area (Å²) in [6, 6.07) is 113. The minimum atomic E-state index is 0.545. The standard InChI is InChI=1S/C88H52N8/c1-5-25-57(26-6-1)78-79-75(52-89-87(92-79)58-27-7-2-8-28-58)90-88(91-78)59-49-62(95-81-65-34-18-14-22-54(65)37-41-68(81)71-47-48-76-77(84(71)95)74-44-40-56-24-16-20-36-67(56)83(74)93(76)60-29-9-3-10-30-60)51-63(50-59)96-82-66-35-19-15-23-55(66)39-43-70(82)73-46-45-72-69-42-38-53-21-13-17-33-64(53)80(69)94(85(72)86(73)96)61-31-11-4-12-32-61/h1-52H. The molecule has 0 fully saturated rings. The first-order valence-electron chi connectivity index (χ1n) is 32.7. The third-order valence-corrected chi connectivity index (χ3v) is 20.1. The molecule has 0 unspecified atom stereocenters. The molecule has 8 heteroatoms. The molecule has 0 saturated heterocycles. The molecule has 0 aliphatic rings. The van der Waals surface area contributed by atoms with Crippen molar-refractivity contribution in [3.05, 3.63) is 316 Å². The Morgan fingerprint density at radius 1 is 0.229 bits per heavy atom. The third-order valence-electron chi connectivity index (χ3n) is 20.1. The summed E-state index contributed by atoms with van der Waals surface area (Å²) in [5.74, 6) is 1.15. The number of hydrogen-bond acceptors (Lipinski definition) is 4. The van der Waals surface area contributed by atoms with Crippen LogP contribution in [0.15, 0.2) is 316 Å². The van der Waals surface area contributed by atoms with E-state index >= 15 is 0 Å². The molecule has 6 aromatic heterocycles. The van der Waals surface area contributed by atoms with Crippen LogP contribution in [0.5, 0.6) is 0 Å². The largest absolute Gasteiger partial charge is 0.309 e. The number of fused-ring (bicyclic) bond motifs is 23. The zero-order chi connectivity index (χ0) is 62.7. The van der Waals surface area contributed by atoms with Crippen LogP contribution in [0.1, 0.15) is 0 Å². The van der Waals surface area contributed by atoms with Crippen LogP contribution in [0.25, 0.3) is 198 Å². The van der Waals surface area contributed by atoms with Gasteiger partial charge < -0.3 is 18.3 Å². The van der Waals surface area contributed by atoms with E-state index in [0.29, 0.717) is 22.7 Å². The third kappa shape index (κ3) is 7.54. The second-order valence-corrected chi connectivity index (χ2v) is 25.3. The van der Waals surface area contributed by atoms with E-state index < -0.39 is 0 Å². The van der Waals surface area contributed by atoms with Gasteiger partial charge in [0.2, 0.25) is 0 Å². The number of rotatable bonds is 7. The predicted molar refractivity (Wildman–Crippen MR) is 399 cm³/mol. The maximum atomic E-state index is 5.76. The summed E-state index contributed by atoms with van der Waals surface area (Å²) in [6.07, 6.45) is 1.87. The fourth-order valence-corrected chi connectivity index (χ4v) is 16.0. The normalized spacial score (nSPS) is 12.2. The first-order valence-corrected chi connectivity index (χ1v) is 32.7. The molecule has 0 atom stereocenters. The molecule has 96 heavy (non-hydrogen) atoms. The molecule has 0 radical (unpaired) electrons. The molecule has 0 saturated carbocycles. The summed E-state index contributed by atoms with van der Waals surface area (Å²) in [4.78, 5) is 21.7. The summed E-state index contributed by atoms with van der Waals surface area (Å²) in [6.45, 7) is 0. The lowest BCUT2D eigenvalue weighted by Gasteiger charge is -2.18. The highest BCUT2D eigenvalue weighted by molar-refractivity contribution is 6.32. The van der Waals surface area contributed by atoms with Gasteiger partial charge in [-0.25, -0.2) is 19.9 Å². The minimum Gasteiger partial charge on any atom is -0.309 e. The smallest absolute Gasteiger partial charge is 0.160 e. The zero-order valence-corrected chi connectivity index (χ0v) is 51.6.